The van der Waals surface area contributed by atoms with Crippen molar-refractivity contribution in [3.8, 4) is 5.75 Å². The fourth-order valence-electron chi connectivity index (χ4n) is 3.42. The van der Waals surface area contributed by atoms with E-state index in [1.54, 1.807) is 18.4 Å². The molecule has 1 aromatic carbocycles. The lowest BCUT2D eigenvalue weighted by Crippen LogP contribution is -2.21. The van der Waals surface area contributed by atoms with Crippen LogP contribution < -0.4 is 10.1 Å². The Kier molecular flexibility index (Phi) is 4.57. The normalized spacial score (nSPS) is 16.4. The highest BCUT2D eigenvalue weighted by atomic mass is 32.1. The number of thiazole rings is 1. The summed E-state index contributed by atoms with van der Waals surface area (Å²) in [7, 11) is 1.76. The largest absolute Gasteiger partial charge is 0.496 e. The second-order valence-corrected chi connectivity index (χ2v) is 7.64. The van der Waals surface area contributed by atoms with E-state index in [0.29, 0.717) is 12.0 Å². The van der Waals surface area contributed by atoms with Crippen molar-refractivity contribution in [2.24, 2.45) is 0 Å². The standard InChI is InChI=1S/C18H26N2OS/c1-11(2)15-14(21-4)10-12(3)16-17(15)22-18(20-16)19-13-8-6-5-7-9-13/h10-11,13H,5-9H2,1-4H3,(H,19,20). The molecule has 1 fully saturated rings. The molecule has 1 saturated carbocycles. The lowest BCUT2D eigenvalue weighted by Gasteiger charge is -2.22. The van der Waals surface area contributed by atoms with Crippen LogP contribution >= 0.6 is 11.3 Å². The number of hydrogen-bond donors (Lipinski definition) is 1. The first-order valence-electron chi connectivity index (χ1n) is 8.34. The van der Waals surface area contributed by atoms with Crippen LogP contribution in [0, 0.1) is 6.92 Å². The van der Waals surface area contributed by atoms with Gasteiger partial charge in [0.25, 0.3) is 0 Å². The van der Waals surface area contributed by atoms with Gasteiger partial charge in [0.05, 0.1) is 17.3 Å². The molecule has 0 atom stereocenters. The predicted molar refractivity (Wildman–Crippen MR) is 95.5 cm³/mol. The predicted octanol–water partition coefficient (Wildman–Crippen LogP) is 5.48. The number of aryl methyl sites for hydroxylation is 1. The van der Waals surface area contributed by atoms with E-state index < -0.39 is 0 Å². The van der Waals surface area contributed by atoms with Crippen molar-refractivity contribution < 1.29 is 4.74 Å². The van der Waals surface area contributed by atoms with Crippen LogP contribution in [0.5, 0.6) is 5.75 Å². The van der Waals surface area contributed by atoms with Gasteiger partial charge in [-0.25, -0.2) is 4.98 Å². The smallest absolute Gasteiger partial charge is 0.184 e. The van der Waals surface area contributed by atoms with E-state index in [2.05, 4.69) is 32.2 Å². The summed E-state index contributed by atoms with van der Waals surface area (Å²) >= 11 is 1.79. The Balaban J connectivity index is 2.00. The Morgan fingerprint density at radius 3 is 2.64 bits per heavy atom. The second-order valence-electron chi connectivity index (χ2n) is 6.64. The lowest BCUT2D eigenvalue weighted by atomic mass is 9.96. The molecular weight excluding hydrogens is 292 g/mol. The molecule has 3 nitrogen and oxygen atoms in total. The molecule has 3 rings (SSSR count). The van der Waals surface area contributed by atoms with Gasteiger partial charge in [-0.15, -0.1) is 0 Å². The zero-order valence-electron chi connectivity index (χ0n) is 14.0. The molecule has 0 amide bonds. The van der Waals surface area contributed by atoms with Crippen molar-refractivity contribution in [3.63, 3.8) is 0 Å². The maximum Gasteiger partial charge on any atom is 0.184 e. The molecule has 120 valence electrons. The maximum atomic E-state index is 5.61. The highest BCUT2D eigenvalue weighted by molar-refractivity contribution is 7.22. The summed E-state index contributed by atoms with van der Waals surface area (Å²) < 4.78 is 6.90. The Labute approximate surface area is 137 Å². The Hall–Kier alpha value is -1.29. The highest BCUT2D eigenvalue weighted by Crippen LogP contribution is 2.40. The topological polar surface area (TPSA) is 34.1 Å². The molecule has 0 spiro atoms. The van der Waals surface area contributed by atoms with Crippen molar-refractivity contribution in [1.29, 1.82) is 0 Å². The van der Waals surface area contributed by atoms with Gasteiger partial charge in [-0.3, -0.25) is 0 Å². The SMILES string of the molecule is COc1cc(C)c2nc(NC3CCCCC3)sc2c1C(C)C. The van der Waals surface area contributed by atoms with Gasteiger partial charge in [-0.05, 0) is 37.3 Å². The van der Waals surface area contributed by atoms with E-state index in [1.807, 2.05) is 0 Å². The molecule has 1 heterocycles. The van der Waals surface area contributed by atoms with Crippen LogP contribution in [0.4, 0.5) is 5.13 Å². The van der Waals surface area contributed by atoms with Gasteiger partial charge in [0, 0.05) is 11.6 Å². The third-order valence-corrected chi connectivity index (χ3v) is 5.61. The molecular formula is C18H26N2OS. The van der Waals surface area contributed by atoms with Crippen LogP contribution in [-0.2, 0) is 0 Å². The first-order valence-corrected chi connectivity index (χ1v) is 9.16. The average Bonchev–Trinajstić information content (AvgIpc) is 2.91. The second kappa shape index (κ2) is 6.45. The summed E-state index contributed by atoms with van der Waals surface area (Å²) in [5.74, 6) is 1.42. The van der Waals surface area contributed by atoms with Crippen molar-refractivity contribution >= 4 is 26.7 Å². The quantitative estimate of drug-likeness (QED) is 0.810. The number of hydrogen-bond acceptors (Lipinski definition) is 4. The highest BCUT2D eigenvalue weighted by Gasteiger charge is 2.20. The molecule has 0 radical (unpaired) electrons. The van der Waals surface area contributed by atoms with E-state index in [-0.39, 0.29) is 0 Å². The minimum Gasteiger partial charge on any atom is -0.496 e. The van der Waals surface area contributed by atoms with Gasteiger partial charge in [0.15, 0.2) is 5.13 Å². The van der Waals surface area contributed by atoms with Crippen molar-refractivity contribution in [2.45, 2.75) is 64.8 Å². The fourth-order valence-corrected chi connectivity index (χ4v) is 4.73. The number of rotatable bonds is 4. The summed E-state index contributed by atoms with van der Waals surface area (Å²) in [6.45, 7) is 6.57. The van der Waals surface area contributed by atoms with E-state index >= 15 is 0 Å². The number of nitrogens with zero attached hydrogens (tertiary/aromatic N) is 1. The molecule has 1 aliphatic rings. The lowest BCUT2D eigenvalue weighted by molar-refractivity contribution is 0.408. The molecule has 1 aliphatic carbocycles. The summed E-state index contributed by atoms with van der Waals surface area (Å²) in [6, 6.07) is 2.72. The monoisotopic (exact) mass is 318 g/mol. The minimum absolute atomic E-state index is 0.432. The van der Waals surface area contributed by atoms with Crippen LogP contribution in [0.2, 0.25) is 0 Å². The Morgan fingerprint density at radius 1 is 1.27 bits per heavy atom. The molecule has 1 aromatic heterocycles. The van der Waals surface area contributed by atoms with Crippen LogP contribution in [0.3, 0.4) is 0 Å². The van der Waals surface area contributed by atoms with Crippen molar-refractivity contribution in [1.82, 2.24) is 4.98 Å². The van der Waals surface area contributed by atoms with E-state index in [9.17, 15) is 0 Å². The maximum absolute atomic E-state index is 5.61. The fraction of sp³-hybridized carbons (Fsp3) is 0.611. The minimum atomic E-state index is 0.432. The number of nitrogens with one attached hydrogen (secondary N) is 1. The first-order chi connectivity index (χ1) is 10.6. The van der Waals surface area contributed by atoms with Crippen molar-refractivity contribution in [2.75, 3.05) is 12.4 Å². The molecule has 0 saturated heterocycles. The number of aromatic nitrogens is 1. The van der Waals surface area contributed by atoms with Gasteiger partial charge < -0.3 is 10.1 Å². The molecule has 0 bridgehead atoms. The number of fused-ring (bicyclic) bond motifs is 1. The zero-order chi connectivity index (χ0) is 15.7. The van der Waals surface area contributed by atoms with Crippen molar-refractivity contribution in [3.05, 3.63) is 17.2 Å². The third kappa shape index (κ3) is 2.94. The Morgan fingerprint density at radius 2 is 2.00 bits per heavy atom. The molecule has 1 N–H and O–H groups in total. The number of anilines is 1. The zero-order valence-corrected chi connectivity index (χ0v) is 14.8. The first kappa shape index (κ1) is 15.6. The van der Waals surface area contributed by atoms with Crippen LogP contribution in [-0.4, -0.2) is 18.1 Å². The molecule has 22 heavy (non-hydrogen) atoms. The molecule has 4 heteroatoms. The third-order valence-electron chi connectivity index (χ3n) is 4.59. The van der Waals surface area contributed by atoms with Gasteiger partial charge in [-0.2, -0.15) is 0 Å². The summed E-state index contributed by atoms with van der Waals surface area (Å²) in [4.78, 5) is 4.88. The van der Waals surface area contributed by atoms with Crippen LogP contribution in [0.1, 0.15) is 63.0 Å². The van der Waals surface area contributed by atoms with Crippen LogP contribution in [0.25, 0.3) is 10.2 Å². The van der Waals surface area contributed by atoms with Gasteiger partial charge in [-0.1, -0.05) is 44.4 Å². The van der Waals surface area contributed by atoms with E-state index in [1.165, 1.54) is 47.9 Å². The number of benzene rings is 1. The van der Waals surface area contributed by atoms with Gasteiger partial charge in [0.1, 0.15) is 5.75 Å². The van der Waals surface area contributed by atoms with E-state index in [4.69, 9.17) is 9.72 Å². The van der Waals surface area contributed by atoms with Gasteiger partial charge in [0.2, 0.25) is 0 Å². The number of methoxy groups -OCH3 is 1. The summed E-state index contributed by atoms with van der Waals surface area (Å²) in [5, 5.41) is 4.74. The van der Waals surface area contributed by atoms with Crippen LogP contribution in [0.15, 0.2) is 6.07 Å². The molecule has 0 aliphatic heterocycles. The summed E-state index contributed by atoms with van der Waals surface area (Å²) in [5.41, 5.74) is 3.62. The van der Waals surface area contributed by atoms with E-state index in [0.717, 1.165) is 16.4 Å². The molecule has 2 aromatic rings. The Bertz CT molecular complexity index is 657. The van der Waals surface area contributed by atoms with Gasteiger partial charge >= 0.3 is 0 Å². The average molecular weight is 318 g/mol. The molecule has 0 unspecified atom stereocenters. The number of ether oxygens (including phenoxy) is 1. The summed E-state index contributed by atoms with van der Waals surface area (Å²) in [6.07, 6.45) is 6.61.